The molecule has 36 heavy (non-hydrogen) atoms. The van der Waals surface area contributed by atoms with Crippen molar-refractivity contribution in [3.8, 4) is 11.5 Å². The van der Waals surface area contributed by atoms with Gasteiger partial charge in [-0.1, -0.05) is 24.3 Å². The van der Waals surface area contributed by atoms with Crippen molar-refractivity contribution in [2.24, 2.45) is 5.41 Å². The van der Waals surface area contributed by atoms with Crippen LogP contribution in [0.25, 0.3) is 6.08 Å². The Morgan fingerprint density at radius 3 is 2.36 bits per heavy atom. The second kappa shape index (κ2) is 8.37. The van der Waals surface area contributed by atoms with Crippen molar-refractivity contribution >= 4 is 29.8 Å². The van der Waals surface area contributed by atoms with E-state index in [-0.39, 0.29) is 17.0 Å². The van der Waals surface area contributed by atoms with Crippen molar-refractivity contribution in [2.75, 3.05) is 21.3 Å². The molecule has 0 spiro atoms. The highest BCUT2D eigenvalue weighted by Gasteiger charge is 2.68. The van der Waals surface area contributed by atoms with E-state index in [0.29, 0.717) is 16.9 Å². The highest BCUT2D eigenvalue weighted by molar-refractivity contribution is 6.12. The van der Waals surface area contributed by atoms with Crippen LogP contribution in [0.3, 0.4) is 0 Å². The Bertz CT molecular complexity index is 1390. The maximum absolute atomic E-state index is 14.0. The molecule has 3 aliphatic rings. The Kier molecular flexibility index (Phi) is 5.43. The first-order chi connectivity index (χ1) is 17.3. The average Bonchev–Trinajstić information content (AvgIpc) is 2.90. The Morgan fingerprint density at radius 2 is 1.69 bits per heavy atom. The lowest BCUT2D eigenvalue weighted by Crippen LogP contribution is -2.61. The molecule has 5 rings (SSSR count). The van der Waals surface area contributed by atoms with Gasteiger partial charge in [0.1, 0.15) is 17.2 Å². The van der Waals surface area contributed by atoms with E-state index >= 15 is 0 Å². The number of methoxy groups -OCH3 is 3. The average molecular weight is 489 g/mol. The van der Waals surface area contributed by atoms with Crippen LogP contribution in [0, 0.1) is 5.41 Å². The molecule has 9 nitrogen and oxygen atoms in total. The second-order valence-corrected chi connectivity index (χ2v) is 8.65. The summed E-state index contributed by atoms with van der Waals surface area (Å²) in [5.41, 5.74) is -0.502. The zero-order valence-corrected chi connectivity index (χ0v) is 20.1. The molecule has 0 bridgehead atoms. The number of carbonyl (C=O) groups excluding carboxylic acids is 4. The Labute approximate surface area is 206 Å². The van der Waals surface area contributed by atoms with E-state index in [1.807, 2.05) is 12.1 Å². The van der Waals surface area contributed by atoms with Gasteiger partial charge >= 0.3 is 17.9 Å². The van der Waals surface area contributed by atoms with Crippen molar-refractivity contribution in [1.29, 1.82) is 0 Å². The van der Waals surface area contributed by atoms with Gasteiger partial charge in [-0.3, -0.25) is 9.59 Å². The van der Waals surface area contributed by atoms with Crippen molar-refractivity contribution in [3.05, 3.63) is 76.6 Å². The van der Waals surface area contributed by atoms with Crippen molar-refractivity contribution in [1.82, 2.24) is 4.90 Å². The SMILES string of the molecule is COC(=O)C1=C(C(=O)OC)N2C=Cc3ccccc3[C@@H]2[C@@]2(C(C)=O)C(=O)Oc3ccc(OC)cc3[C@@H]12. The van der Waals surface area contributed by atoms with E-state index in [0.717, 1.165) is 5.56 Å². The number of ether oxygens (including phenoxy) is 4. The van der Waals surface area contributed by atoms with Crippen LogP contribution < -0.4 is 9.47 Å². The zero-order valence-electron chi connectivity index (χ0n) is 20.1. The minimum atomic E-state index is -1.93. The fourth-order valence-corrected chi connectivity index (χ4v) is 5.60. The maximum atomic E-state index is 14.0. The molecule has 3 aliphatic heterocycles. The molecule has 0 unspecified atom stereocenters. The molecule has 2 aromatic carbocycles. The summed E-state index contributed by atoms with van der Waals surface area (Å²) in [6.07, 6.45) is 3.31. The Balaban J connectivity index is 1.98. The summed E-state index contributed by atoms with van der Waals surface area (Å²) in [7, 11) is 3.83. The number of rotatable bonds is 4. The van der Waals surface area contributed by atoms with E-state index in [4.69, 9.17) is 18.9 Å². The van der Waals surface area contributed by atoms with Crippen LogP contribution >= 0.6 is 0 Å². The molecule has 184 valence electrons. The number of esters is 3. The molecule has 0 aromatic heterocycles. The van der Waals surface area contributed by atoms with Crippen LogP contribution in [-0.2, 0) is 28.7 Å². The summed E-state index contributed by atoms with van der Waals surface area (Å²) in [6.45, 7) is 1.29. The number of carbonyl (C=O) groups is 4. The van der Waals surface area contributed by atoms with Gasteiger partial charge in [0.25, 0.3) is 0 Å². The van der Waals surface area contributed by atoms with Gasteiger partial charge in [-0.05, 0) is 42.3 Å². The lowest BCUT2D eigenvalue weighted by molar-refractivity contribution is -0.163. The first-order valence-corrected chi connectivity index (χ1v) is 11.2. The minimum absolute atomic E-state index is 0.120. The van der Waals surface area contributed by atoms with Gasteiger partial charge in [0.05, 0.1) is 32.9 Å². The topological polar surface area (TPSA) is 108 Å². The van der Waals surface area contributed by atoms with Crippen LogP contribution in [-0.4, -0.2) is 49.9 Å². The molecular formula is C27H23NO8. The molecule has 0 radical (unpaired) electrons. The van der Waals surface area contributed by atoms with E-state index in [1.54, 1.807) is 36.5 Å². The third-order valence-corrected chi connectivity index (χ3v) is 7.11. The molecule has 0 saturated heterocycles. The lowest BCUT2D eigenvalue weighted by Gasteiger charge is -2.54. The summed E-state index contributed by atoms with van der Waals surface area (Å²) in [4.78, 5) is 55.7. The predicted octanol–water partition coefficient (Wildman–Crippen LogP) is 2.91. The van der Waals surface area contributed by atoms with Crippen LogP contribution in [0.2, 0.25) is 0 Å². The monoisotopic (exact) mass is 489 g/mol. The summed E-state index contributed by atoms with van der Waals surface area (Å²) in [5.74, 6) is -3.70. The third kappa shape index (κ3) is 2.95. The molecule has 3 atom stereocenters. The highest BCUT2D eigenvalue weighted by atomic mass is 16.5. The molecule has 9 heteroatoms. The maximum Gasteiger partial charge on any atom is 0.355 e. The molecule has 0 N–H and O–H groups in total. The quantitative estimate of drug-likeness (QED) is 0.364. The fourth-order valence-electron chi connectivity index (χ4n) is 5.60. The minimum Gasteiger partial charge on any atom is -0.497 e. The number of hydrogen-bond donors (Lipinski definition) is 0. The summed E-state index contributed by atoms with van der Waals surface area (Å²) in [5, 5.41) is 0. The van der Waals surface area contributed by atoms with Gasteiger partial charge in [0.2, 0.25) is 0 Å². The predicted molar refractivity (Wildman–Crippen MR) is 126 cm³/mol. The zero-order chi connectivity index (χ0) is 25.8. The first kappa shape index (κ1) is 23.3. The van der Waals surface area contributed by atoms with Crippen LogP contribution in [0.15, 0.2) is 59.9 Å². The van der Waals surface area contributed by atoms with Gasteiger partial charge < -0.3 is 23.8 Å². The van der Waals surface area contributed by atoms with Crippen LogP contribution in [0.4, 0.5) is 0 Å². The molecular weight excluding hydrogens is 466 g/mol. The Morgan fingerprint density at radius 1 is 0.972 bits per heavy atom. The molecule has 0 aliphatic carbocycles. The molecule has 0 fully saturated rings. The lowest BCUT2D eigenvalue weighted by atomic mass is 9.56. The number of Topliss-reactive ketones (excluding diaryl/α,β-unsaturated/α-hetero) is 1. The third-order valence-electron chi connectivity index (χ3n) is 7.11. The normalized spacial score (nSPS) is 23.4. The van der Waals surface area contributed by atoms with E-state index < -0.39 is 41.1 Å². The number of fused-ring (bicyclic) bond motifs is 7. The van der Waals surface area contributed by atoms with Gasteiger partial charge in [0, 0.05) is 17.7 Å². The van der Waals surface area contributed by atoms with Crippen molar-refractivity contribution in [3.63, 3.8) is 0 Å². The Hall–Kier alpha value is -4.40. The molecule has 0 amide bonds. The second-order valence-electron chi connectivity index (χ2n) is 8.65. The summed E-state index contributed by atoms with van der Waals surface area (Å²) >= 11 is 0. The van der Waals surface area contributed by atoms with Gasteiger partial charge in [0.15, 0.2) is 11.2 Å². The largest absolute Gasteiger partial charge is 0.497 e. The summed E-state index contributed by atoms with van der Waals surface area (Å²) < 4.78 is 21.3. The van der Waals surface area contributed by atoms with Crippen molar-refractivity contribution in [2.45, 2.75) is 18.9 Å². The van der Waals surface area contributed by atoms with E-state index in [1.165, 1.54) is 39.2 Å². The van der Waals surface area contributed by atoms with Gasteiger partial charge in [-0.15, -0.1) is 0 Å². The van der Waals surface area contributed by atoms with E-state index in [2.05, 4.69) is 0 Å². The van der Waals surface area contributed by atoms with E-state index in [9.17, 15) is 19.2 Å². The standard InChI is InChI=1S/C27H23NO8/c1-14(29)27-21(18-13-16(33-2)9-10-19(18)36-26(27)32)20(24(30)34-3)22(25(31)35-4)28-12-11-15-7-5-6-8-17(15)23(27)28/h5-13,21,23H,1-4H3/t21-,23+,27-/m0/s1. The van der Waals surface area contributed by atoms with Gasteiger partial charge in [-0.25, -0.2) is 9.59 Å². The highest BCUT2D eigenvalue weighted by Crippen LogP contribution is 2.63. The van der Waals surface area contributed by atoms with Gasteiger partial charge in [-0.2, -0.15) is 0 Å². The molecule has 3 heterocycles. The summed E-state index contributed by atoms with van der Waals surface area (Å²) in [6, 6.07) is 11.0. The van der Waals surface area contributed by atoms with Crippen LogP contribution in [0.5, 0.6) is 11.5 Å². The van der Waals surface area contributed by atoms with Crippen molar-refractivity contribution < 1.29 is 38.1 Å². The van der Waals surface area contributed by atoms with Crippen LogP contribution in [0.1, 0.15) is 35.6 Å². The number of nitrogens with zero attached hydrogens (tertiary/aromatic N) is 1. The smallest absolute Gasteiger partial charge is 0.355 e. The fraction of sp³-hybridized carbons (Fsp3) is 0.259. The number of benzene rings is 2. The first-order valence-electron chi connectivity index (χ1n) is 11.2. The number of ketones is 1. The molecule has 2 aromatic rings. The molecule has 0 saturated carbocycles. The number of hydrogen-bond acceptors (Lipinski definition) is 9.